The lowest BCUT2D eigenvalue weighted by Crippen LogP contribution is -2.62. The highest BCUT2D eigenvalue weighted by atomic mass is 32.3. The average molecular weight is 455 g/mol. The molecule has 0 radical (unpaired) electrons. The average Bonchev–Trinajstić information content (AvgIpc) is 3.21. The number of rotatable bonds is 3. The van der Waals surface area contributed by atoms with Crippen molar-refractivity contribution < 1.29 is 31.8 Å². The second-order valence-corrected chi connectivity index (χ2v) is 12.3. The van der Waals surface area contributed by atoms with Crippen LogP contribution in [0.1, 0.15) is 71.6 Å². The van der Waals surface area contributed by atoms with Gasteiger partial charge in [-0.05, 0) is 92.4 Å². The maximum Gasteiger partial charge on any atom is 0.397 e. The quantitative estimate of drug-likeness (QED) is 0.496. The normalized spacial score (nSPS) is 49.6. The Hall–Kier alpha value is -0.960. The third-order valence-electron chi connectivity index (χ3n) is 10.2. The summed E-state index contributed by atoms with van der Waals surface area (Å²) in [5.74, 6) is 0.872. The Kier molecular flexibility index (Phi) is 4.95. The van der Waals surface area contributed by atoms with E-state index in [0.29, 0.717) is 31.3 Å². The Morgan fingerprint density at radius 3 is 2.52 bits per heavy atom. The fourth-order valence-electron chi connectivity index (χ4n) is 8.63. The van der Waals surface area contributed by atoms with Crippen LogP contribution in [0.25, 0.3) is 0 Å². The first kappa shape index (κ1) is 21.9. The van der Waals surface area contributed by atoms with Crippen molar-refractivity contribution in [2.24, 2.45) is 34.5 Å². The highest BCUT2D eigenvalue weighted by Gasteiger charge is 2.67. The van der Waals surface area contributed by atoms with Crippen molar-refractivity contribution in [1.82, 2.24) is 0 Å². The van der Waals surface area contributed by atoms with Gasteiger partial charge < -0.3 is 9.84 Å². The van der Waals surface area contributed by atoms with E-state index in [1.165, 1.54) is 0 Å². The zero-order valence-electron chi connectivity index (χ0n) is 18.4. The van der Waals surface area contributed by atoms with Crippen LogP contribution in [0, 0.1) is 34.5 Å². The van der Waals surface area contributed by atoms with Crippen molar-refractivity contribution in [3.05, 3.63) is 11.6 Å². The number of hydrogen-bond donors (Lipinski definition) is 2. The van der Waals surface area contributed by atoms with Crippen molar-refractivity contribution in [1.29, 1.82) is 0 Å². The zero-order chi connectivity index (χ0) is 22.2. The predicted octanol–water partition coefficient (Wildman–Crippen LogP) is 3.43. The van der Waals surface area contributed by atoms with Crippen LogP contribution in [0.5, 0.6) is 0 Å². The molecular weight excluding hydrogens is 420 g/mol. The van der Waals surface area contributed by atoms with Crippen LogP contribution in [-0.4, -0.2) is 42.4 Å². The summed E-state index contributed by atoms with van der Waals surface area (Å²) in [4.78, 5) is 11.7. The van der Waals surface area contributed by atoms with Crippen LogP contribution in [0.15, 0.2) is 11.6 Å². The Bertz CT molecular complexity index is 913. The van der Waals surface area contributed by atoms with E-state index in [9.17, 15) is 18.3 Å². The molecule has 0 aromatic rings. The standard InChI is InChI=1S/C23H34O7S/c1-21-8-5-16(30-31(26,27)28)12-15(21)3-4-19-18(21)6-9-22(2)17(7-10-23(19,22)25)14-11-20(24)29-13-14/h11,15-19,25H,3-10,12-13H2,1-2H3,(H,26,27,28). The molecule has 0 aromatic carbocycles. The molecule has 174 valence electrons. The molecule has 0 bridgehead atoms. The molecule has 0 saturated heterocycles. The van der Waals surface area contributed by atoms with Crippen LogP contribution in [0.3, 0.4) is 0 Å². The summed E-state index contributed by atoms with van der Waals surface area (Å²) in [6.45, 7) is 4.90. The fourth-order valence-corrected chi connectivity index (χ4v) is 9.15. The van der Waals surface area contributed by atoms with Crippen molar-refractivity contribution in [2.45, 2.75) is 83.3 Å². The summed E-state index contributed by atoms with van der Waals surface area (Å²) in [6.07, 6.45) is 8.78. The largest absolute Gasteiger partial charge is 0.458 e. The number of cyclic esters (lactones) is 1. The van der Waals surface area contributed by atoms with Gasteiger partial charge in [-0.2, -0.15) is 8.42 Å². The summed E-state index contributed by atoms with van der Waals surface area (Å²) in [5.41, 5.74) is 0.0957. The molecule has 0 amide bonds. The monoisotopic (exact) mass is 454 g/mol. The van der Waals surface area contributed by atoms with Crippen molar-refractivity contribution in [3.63, 3.8) is 0 Å². The van der Waals surface area contributed by atoms with Crippen LogP contribution in [-0.2, 0) is 24.1 Å². The Morgan fingerprint density at radius 2 is 1.84 bits per heavy atom. The minimum atomic E-state index is -4.43. The van der Waals surface area contributed by atoms with Gasteiger partial charge in [0.2, 0.25) is 0 Å². The van der Waals surface area contributed by atoms with Gasteiger partial charge >= 0.3 is 16.4 Å². The molecule has 4 saturated carbocycles. The van der Waals surface area contributed by atoms with E-state index < -0.39 is 22.1 Å². The number of aliphatic hydroxyl groups is 1. The van der Waals surface area contributed by atoms with Gasteiger partial charge in [0.25, 0.3) is 0 Å². The van der Waals surface area contributed by atoms with Crippen LogP contribution in [0.2, 0.25) is 0 Å². The Labute approximate surface area is 184 Å². The first-order valence-electron chi connectivity index (χ1n) is 11.7. The number of hydrogen-bond acceptors (Lipinski definition) is 6. The maximum atomic E-state index is 12.2. The third-order valence-corrected chi connectivity index (χ3v) is 10.7. The molecular formula is C23H34O7S. The molecule has 1 aliphatic heterocycles. The van der Waals surface area contributed by atoms with Gasteiger partial charge in [0.1, 0.15) is 6.61 Å². The molecule has 2 N–H and O–H groups in total. The first-order valence-corrected chi connectivity index (χ1v) is 13.1. The van der Waals surface area contributed by atoms with Gasteiger partial charge in [-0.15, -0.1) is 0 Å². The van der Waals surface area contributed by atoms with Crippen LogP contribution >= 0.6 is 0 Å². The number of carbonyl (C=O) groups is 1. The molecule has 1 heterocycles. The van der Waals surface area contributed by atoms with Crippen molar-refractivity contribution >= 4 is 16.4 Å². The third kappa shape index (κ3) is 3.23. The molecule has 4 aliphatic carbocycles. The lowest BCUT2D eigenvalue weighted by atomic mass is 9.43. The van der Waals surface area contributed by atoms with Crippen molar-refractivity contribution in [2.75, 3.05) is 6.61 Å². The summed E-state index contributed by atoms with van der Waals surface area (Å²) in [7, 11) is -4.43. The summed E-state index contributed by atoms with van der Waals surface area (Å²) >= 11 is 0. The Balaban J connectivity index is 1.39. The molecule has 8 unspecified atom stereocenters. The second kappa shape index (κ2) is 7.02. The van der Waals surface area contributed by atoms with E-state index in [1.54, 1.807) is 6.08 Å². The smallest absolute Gasteiger partial charge is 0.397 e. The molecule has 31 heavy (non-hydrogen) atoms. The molecule has 4 fully saturated rings. The minimum absolute atomic E-state index is 0.0445. The number of fused-ring (bicyclic) bond motifs is 5. The highest BCUT2D eigenvalue weighted by molar-refractivity contribution is 7.80. The number of esters is 1. The second-order valence-electron chi connectivity index (χ2n) is 11.2. The summed E-state index contributed by atoms with van der Waals surface area (Å²) < 4.78 is 41.6. The van der Waals surface area contributed by atoms with Gasteiger partial charge in [0.05, 0.1) is 11.7 Å². The van der Waals surface area contributed by atoms with E-state index in [0.717, 1.165) is 50.5 Å². The Morgan fingerprint density at radius 1 is 1.06 bits per heavy atom. The van der Waals surface area contributed by atoms with Gasteiger partial charge in [0.15, 0.2) is 0 Å². The molecule has 0 spiro atoms. The lowest BCUT2D eigenvalue weighted by molar-refractivity contribution is -0.207. The van der Waals surface area contributed by atoms with Gasteiger partial charge in [-0.25, -0.2) is 8.98 Å². The predicted molar refractivity (Wildman–Crippen MR) is 112 cm³/mol. The van der Waals surface area contributed by atoms with E-state index in [2.05, 4.69) is 13.8 Å². The summed E-state index contributed by atoms with van der Waals surface area (Å²) in [5, 5.41) is 12.2. The minimum Gasteiger partial charge on any atom is -0.458 e. The van der Waals surface area contributed by atoms with E-state index >= 15 is 0 Å². The summed E-state index contributed by atoms with van der Waals surface area (Å²) in [6, 6.07) is 0. The zero-order valence-corrected chi connectivity index (χ0v) is 19.2. The van der Waals surface area contributed by atoms with Gasteiger partial charge in [0, 0.05) is 11.5 Å². The van der Waals surface area contributed by atoms with Gasteiger partial charge in [-0.3, -0.25) is 4.55 Å². The number of carbonyl (C=O) groups excluding carboxylic acids is 1. The van der Waals surface area contributed by atoms with E-state index in [4.69, 9.17) is 13.5 Å². The molecule has 0 aromatic heterocycles. The fraction of sp³-hybridized carbons (Fsp3) is 0.870. The SMILES string of the molecule is CC12CCC(OS(=O)(=O)O)CC1CCC1C2CCC2(C)C(C3=CC(=O)OC3)CCC12O. The molecule has 8 atom stereocenters. The van der Waals surface area contributed by atoms with Gasteiger partial charge in [-0.1, -0.05) is 13.8 Å². The lowest BCUT2D eigenvalue weighted by Gasteiger charge is -2.63. The van der Waals surface area contributed by atoms with Crippen molar-refractivity contribution in [3.8, 4) is 0 Å². The molecule has 5 aliphatic rings. The highest BCUT2D eigenvalue weighted by Crippen LogP contribution is 2.70. The topological polar surface area (TPSA) is 110 Å². The maximum absolute atomic E-state index is 12.2. The van der Waals surface area contributed by atoms with Crippen LogP contribution < -0.4 is 0 Å². The first-order chi connectivity index (χ1) is 14.5. The molecule has 5 rings (SSSR count). The van der Waals surface area contributed by atoms with Crippen LogP contribution in [0.4, 0.5) is 0 Å². The number of ether oxygens (including phenoxy) is 1. The van der Waals surface area contributed by atoms with E-state index in [-0.39, 0.29) is 28.6 Å². The molecule has 8 heteroatoms. The molecule has 7 nitrogen and oxygen atoms in total. The van der Waals surface area contributed by atoms with E-state index in [1.807, 2.05) is 0 Å².